The summed E-state index contributed by atoms with van der Waals surface area (Å²) < 4.78 is 9.01. The first-order chi connectivity index (χ1) is 7.99. The summed E-state index contributed by atoms with van der Waals surface area (Å²) in [6.45, 7) is 0.0406. The number of nitrogens with one attached hydrogen (secondary N) is 1. The van der Waals surface area contributed by atoms with Crippen LogP contribution >= 0.6 is 0 Å². The lowest BCUT2D eigenvalue weighted by atomic mass is 10.4. The van der Waals surface area contributed by atoms with Crippen LogP contribution in [0.25, 0.3) is 0 Å². The van der Waals surface area contributed by atoms with Gasteiger partial charge in [-0.1, -0.05) is 0 Å². The SMILES string of the molecule is COCCN(CC(=O)O)CC(=O)NC(=O)OC. The van der Waals surface area contributed by atoms with E-state index >= 15 is 0 Å². The van der Waals surface area contributed by atoms with E-state index < -0.39 is 18.0 Å². The summed E-state index contributed by atoms with van der Waals surface area (Å²) in [6, 6.07) is 0. The molecule has 0 aliphatic carbocycles. The van der Waals surface area contributed by atoms with Crippen molar-refractivity contribution < 1.29 is 29.0 Å². The van der Waals surface area contributed by atoms with Gasteiger partial charge in [0.1, 0.15) is 0 Å². The van der Waals surface area contributed by atoms with E-state index in [9.17, 15) is 14.4 Å². The van der Waals surface area contributed by atoms with Gasteiger partial charge in [-0.05, 0) is 0 Å². The molecule has 0 radical (unpaired) electrons. The molecule has 2 N–H and O–H groups in total. The molecular formula is C9H16N2O6. The highest BCUT2D eigenvalue weighted by Crippen LogP contribution is 1.89. The van der Waals surface area contributed by atoms with Crippen LogP contribution in [0, 0.1) is 0 Å². The van der Waals surface area contributed by atoms with Crippen molar-refractivity contribution in [2.45, 2.75) is 0 Å². The minimum Gasteiger partial charge on any atom is -0.480 e. The molecule has 0 fully saturated rings. The van der Waals surface area contributed by atoms with Gasteiger partial charge < -0.3 is 14.6 Å². The minimum atomic E-state index is -1.06. The second-order valence-electron chi connectivity index (χ2n) is 3.14. The Morgan fingerprint density at radius 3 is 2.35 bits per heavy atom. The van der Waals surface area contributed by atoms with Gasteiger partial charge >= 0.3 is 12.1 Å². The Bertz CT molecular complexity index is 281. The van der Waals surface area contributed by atoms with Crippen molar-refractivity contribution in [2.75, 3.05) is 40.5 Å². The number of hydrogen-bond acceptors (Lipinski definition) is 6. The summed E-state index contributed by atoms with van der Waals surface area (Å²) in [4.78, 5) is 33.9. The van der Waals surface area contributed by atoms with E-state index in [1.807, 2.05) is 5.32 Å². The van der Waals surface area contributed by atoms with Gasteiger partial charge in [-0.25, -0.2) is 4.79 Å². The van der Waals surface area contributed by atoms with Gasteiger partial charge in [-0.2, -0.15) is 0 Å². The number of imide groups is 1. The molecule has 0 aliphatic rings. The smallest absolute Gasteiger partial charge is 0.413 e. The zero-order valence-corrected chi connectivity index (χ0v) is 9.76. The molecule has 0 spiro atoms. The van der Waals surface area contributed by atoms with E-state index in [0.717, 1.165) is 7.11 Å². The third-order valence-electron chi connectivity index (χ3n) is 1.76. The van der Waals surface area contributed by atoms with E-state index in [1.165, 1.54) is 12.0 Å². The van der Waals surface area contributed by atoms with Crippen molar-refractivity contribution >= 4 is 18.0 Å². The lowest BCUT2D eigenvalue weighted by molar-refractivity contribution is -0.138. The fraction of sp³-hybridized carbons (Fsp3) is 0.667. The average Bonchev–Trinajstić information content (AvgIpc) is 2.24. The molecule has 0 aliphatic heterocycles. The fourth-order valence-electron chi connectivity index (χ4n) is 1.03. The first kappa shape index (κ1) is 15.3. The number of methoxy groups -OCH3 is 2. The standard InChI is InChI=1S/C9H16N2O6/c1-16-4-3-11(6-8(13)14)5-7(12)10-9(15)17-2/h3-6H2,1-2H3,(H,13,14)(H,10,12,15). The molecule has 0 atom stereocenters. The highest BCUT2D eigenvalue weighted by molar-refractivity contribution is 5.92. The Morgan fingerprint density at radius 2 is 1.88 bits per heavy atom. The monoisotopic (exact) mass is 248 g/mol. The first-order valence-corrected chi connectivity index (χ1v) is 4.80. The zero-order chi connectivity index (χ0) is 13.3. The van der Waals surface area contributed by atoms with Crippen molar-refractivity contribution in [3.63, 3.8) is 0 Å². The second kappa shape index (κ2) is 8.48. The van der Waals surface area contributed by atoms with Crippen LogP contribution in [-0.4, -0.2) is 68.4 Å². The highest BCUT2D eigenvalue weighted by atomic mass is 16.5. The van der Waals surface area contributed by atoms with Crippen LogP contribution in [0.5, 0.6) is 0 Å². The summed E-state index contributed by atoms with van der Waals surface area (Å²) in [5, 5.41) is 10.6. The predicted octanol–water partition coefficient (Wildman–Crippen LogP) is -1.10. The Balaban J connectivity index is 4.16. The third-order valence-corrected chi connectivity index (χ3v) is 1.76. The maximum absolute atomic E-state index is 11.3. The van der Waals surface area contributed by atoms with Gasteiger partial charge in [0.2, 0.25) is 5.91 Å². The van der Waals surface area contributed by atoms with Crippen molar-refractivity contribution in [3.8, 4) is 0 Å². The van der Waals surface area contributed by atoms with Crippen molar-refractivity contribution in [1.29, 1.82) is 0 Å². The van der Waals surface area contributed by atoms with Crippen LogP contribution in [0.4, 0.5) is 4.79 Å². The Hall–Kier alpha value is -1.67. The number of amides is 2. The van der Waals surface area contributed by atoms with Crippen LogP contribution in [0.15, 0.2) is 0 Å². The van der Waals surface area contributed by atoms with Crippen LogP contribution in [-0.2, 0) is 19.1 Å². The molecule has 8 nitrogen and oxygen atoms in total. The molecule has 0 saturated carbocycles. The molecule has 0 heterocycles. The number of carboxylic acid groups (broad SMARTS) is 1. The molecule has 0 saturated heterocycles. The number of carbonyl (C=O) groups is 3. The Labute approximate surface area is 98.5 Å². The topological polar surface area (TPSA) is 105 Å². The number of ether oxygens (including phenoxy) is 2. The third kappa shape index (κ3) is 8.17. The first-order valence-electron chi connectivity index (χ1n) is 4.80. The van der Waals surface area contributed by atoms with Crippen LogP contribution in [0.3, 0.4) is 0 Å². The predicted molar refractivity (Wildman–Crippen MR) is 56.5 cm³/mol. The van der Waals surface area contributed by atoms with Gasteiger partial charge in [-0.3, -0.25) is 19.8 Å². The number of carbonyl (C=O) groups excluding carboxylic acids is 2. The maximum Gasteiger partial charge on any atom is 0.413 e. The van der Waals surface area contributed by atoms with Gasteiger partial charge in [0.15, 0.2) is 0 Å². The second-order valence-corrected chi connectivity index (χ2v) is 3.14. The molecule has 0 aromatic heterocycles. The van der Waals surface area contributed by atoms with E-state index in [-0.39, 0.29) is 19.6 Å². The lowest BCUT2D eigenvalue weighted by Gasteiger charge is -2.18. The average molecular weight is 248 g/mol. The van der Waals surface area contributed by atoms with Gasteiger partial charge in [0.05, 0.1) is 26.8 Å². The summed E-state index contributed by atoms with van der Waals surface area (Å²) in [5.74, 6) is -1.69. The maximum atomic E-state index is 11.3. The number of nitrogens with zero attached hydrogens (tertiary/aromatic N) is 1. The molecule has 17 heavy (non-hydrogen) atoms. The van der Waals surface area contributed by atoms with Crippen LogP contribution in [0.2, 0.25) is 0 Å². The molecular weight excluding hydrogens is 232 g/mol. The normalized spacial score (nSPS) is 10.1. The van der Waals surface area contributed by atoms with Crippen molar-refractivity contribution in [3.05, 3.63) is 0 Å². The van der Waals surface area contributed by atoms with Gasteiger partial charge in [0.25, 0.3) is 0 Å². The quantitative estimate of drug-likeness (QED) is 0.589. The number of aliphatic carboxylic acids is 1. The van der Waals surface area contributed by atoms with E-state index in [2.05, 4.69) is 4.74 Å². The Morgan fingerprint density at radius 1 is 1.24 bits per heavy atom. The molecule has 0 aromatic rings. The minimum absolute atomic E-state index is 0.218. The number of alkyl carbamates (subject to hydrolysis) is 1. The Kier molecular flexibility index (Phi) is 7.65. The molecule has 0 unspecified atom stereocenters. The van der Waals surface area contributed by atoms with Gasteiger partial charge in [0, 0.05) is 13.7 Å². The fourth-order valence-corrected chi connectivity index (χ4v) is 1.03. The largest absolute Gasteiger partial charge is 0.480 e. The lowest BCUT2D eigenvalue weighted by Crippen LogP contribution is -2.43. The van der Waals surface area contributed by atoms with Crippen molar-refractivity contribution in [1.82, 2.24) is 10.2 Å². The molecule has 0 aromatic carbocycles. The molecule has 98 valence electrons. The summed E-state index contributed by atoms with van der Waals surface area (Å²) >= 11 is 0. The number of hydrogen-bond donors (Lipinski definition) is 2. The van der Waals surface area contributed by atoms with Crippen molar-refractivity contribution in [2.24, 2.45) is 0 Å². The van der Waals surface area contributed by atoms with Gasteiger partial charge in [-0.15, -0.1) is 0 Å². The van der Waals surface area contributed by atoms with Crippen LogP contribution in [0.1, 0.15) is 0 Å². The number of carboxylic acids is 1. The molecule has 2 amide bonds. The van der Waals surface area contributed by atoms with Crippen LogP contribution < -0.4 is 5.32 Å². The van der Waals surface area contributed by atoms with E-state index in [1.54, 1.807) is 0 Å². The van der Waals surface area contributed by atoms with E-state index in [0.29, 0.717) is 6.61 Å². The molecule has 0 bridgehead atoms. The summed E-state index contributed by atoms with van der Waals surface area (Å²) in [7, 11) is 2.59. The zero-order valence-electron chi connectivity index (χ0n) is 9.76. The highest BCUT2D eigenvalue weighted by Gasteiger charge is 2.15. The van der Waals surface area contributed by atoms with E-state index in [4.69, 9.17) is 9.84 Å². The summed E-state index contributed by atoms with van der Waals surface area (Å²) in [5.41, 5.74) is 0. The molecule has 0 rings (SSSR count). The summed E-state index contributed by atoms with van der Waals surface area (Å²) in [6.07, 6.45) is -0.878. The number of rotatable bonds is 7. The molecule has 8 heteroatoms.